The number of ketones is 1. The quantitative estimate of drug-likeness (QED) is 0.382. The first-order chi connectivity index (χ1) is 17.5. The molecule has 186 valence electrons. The molecule has 1 unspecified atom stereocenters. The van der Waals surface area contributed by atoms with Gasteiger partial charge in [0.25, 0.3) is 0 Å². The van der Waals surface area contributed by atoms with Crippen molar-refractivity contribution in [3.05, 3.63) is 73.5 Å². The van der Waals surface area contributed by atoms with E-state index in [1.807, 2.05) is 17.0 Å². The van der Waals surface area contributed by atoms with Crippen molar-refractivity contribution in [3.8, 4) is 6.07 Å². The predicted octanol–water partition coefficient (Wildman–Crippen LogP) is 6.15. The lowest BCUT2D eigenvalue weighted by atomic mass is 9.75. The normalized spacial score (nSPS) is 20.0. The number of rotatable bonds is 4. The summed E-state index contributed by atoms with van der Waals surface area (Å²) in [6, 6.07) is 9.51. The van der Waals surface area contributed by atoms with Gasteiger partial charge in [0.1, 0.15) is 10.8 Å². The summed E-state index contributed by atoms with van der Waals surface area (Å²) in [5.41, 5.74) is 10.8. The molecule has 0 bridgehead atoms. The molecule has 1 aromatic carbocycles. The van der Waals surface area contributed by atoms with Crippen molar-refractivity contribution in [1.82, 2.24) is 0 Å². The minimum absolute atomic E-state index is 0.0113. The number of nitriles is 1. The van der Waals surface area contributed by atoms with Crippen LogP contribution >= 0.6 is 22.9 Å². The number of carbonyl (C=O) groups is 2. The third-order valence-electron chi connectivity index (χ3n) is 7.20. The first-order valence-corrected chi connectivity index (χ1v) is 13.7. The van der Waals surface area contributed by atoms with Crippen LogP contribution in [0, 0.1) is 11.3 Å². The maximum absolute atomic E-state index is 13.4. The van der Waals surface area contributed by atoms with E-state index in [2.05, 4.69) is 6.07 Å². The molecule has 1 atom stereocenters. The van der Waals surface area contributed by atoms with Gasteiger partial charge in [0.2, 0.25) is 0 Å². The molecule has 2 N–H and O–H groups in total. The molecule has 0 amide bonds. The minimum Gasteiger partial charge on any atom is -0.462 e. The largest absolute Gasteiger partial charge is 0.462 e. The highest BCUT2D eigenvalue weighted by Crippen LogP contribution is 2.50. The maximum atomic E-state index is 13.4. The van der Waals surface area contributed by atoms with Gasteiger partial charge in [-0.15, -0.1) is 11.3 Å². The van der Waals surface area contributed by atoms with E-state index in [0.717, 1.165) is 48.9 Å². The highest BCUT2D eigenvalue weighted by molar-refractivity contribution is 7.16. The first kappa shape index (κ1) is 24.6. The summed E-state index contributed by atoms with van der Waals surface area (Å²) in [7, 11) is 0. The van der Waals surface area contributed by atoms with E-state index in [-0.39, 0.29) is 24.2 Å². The van der Waals surface area contributed by atoms with Crippen molar-refractivity contribution >= 4 is 39.7 Å². The zero-order valence-electron chi connectivity index (χ0n) is 20.2. The second-order valence-corrected chi connectivity index (χ2v) is 10.9. The minimum atomic E-state index is -0.560. The Morgan fingerprint density at radius 3 is 2.64 bits per heavy atom. The zero-order chi connectivity index (χ0) is 25.4. The number of nitrogens with two attached hydrogens (primary N) is 1. The van der Waals surface area contributed by atoms with Gasteiger partial charge in [-0.3, -0.25) is 9.69 Å². The Morgan fingerprint density at radius 2 is 1.92 bits per heavy atom. The van der Waals surface area contributed by atoms with Gasteiger partial charge in [-0.1, -0.05) is 30.2 Å². The van der Waals surface area contributed by atoms with Crippen LogP contribution in [0.4, 0.5) is 5.00 Å². The summed E-state index contributed by atoms with van der Waals surface area (Å²) in [6.07, 6.45) is 6.64. The molecule has 2 heterocycles. The SMILES string of the molecule is CCOC(=O)c1c(N2C(N)=C(C#N)C(c3ccc(Cl)cc3)C3=C2CCCC3=O)sc2c1CCCCC2. The lowest BCUT2D eigenvalue weighted by molar-refractivity contribution is -0.116. The molecule has 3 aliphatic rings. The Morgan fingerprint density at radius 1 is 1.17 bits per heavy atom. The van der Waals surface area contributed by atoms with Gasteiger partial charge in [-0.05, 0) is 68.7 Å². The van der Waals surface area contributed by atoms with Gasteiger partial charge < -0.3 is 10.5 Å². The molecule has 0 spiro atoms. The van der Waals surface area contributed by atoms with E-state index < -0.39 is 5.92 Å². The van der Waals surface area contributed by atoms with Crippen LogP contribution in [0.5, 0.6) is 0 Å². The molecule has 8 heteroatoms. The molecular weight excluding hydrogens is 494 g/mol. The van der Waals surface area contributed by atoms with Crippen molar-refractivity contribution < 1.29 is 14.3 Å². The number of aryl methyl sites for hydroxylation is 1. The number of esters is 1. The summed E-state index contributed by atoms with van der Waals surface area (Å²) >= 11 is 7.67. The molecule has 5 rings (SSSR count). The van der Waals surface area contributed by atoms with Crippen molar-refractivity contribution in [1.29, 1.82) is 5.26 Å². The first-order valence-electron chi connectivity index (χ1n) is 12.5. The number of benzene rings is 1. The zero-order valence-corrected chi connectivity index (χ0v) is 21.8. The van der Waals surface area contributed by atoms with Crippen LogP contribution in [0.15, 0.2) is 46.9 Å². The number of Topliss-reactive ketones (excluding diaryl/α,β-unsaturated/α-hetero) is 1. The average molecular weight is 522 g/mol. The molecule has 2 aromatic rings. The highest BCUT2D eigenvalue weighted by Gasteiger charge is 2.42. The standard InChI is InChI=1S/C28H28ClN3O3S/c1-2-35-28(34)24-18-7-4-3-5-10-22(18)36-27(24)32-20-8-6-9-21(33)25(20)23(19(15-30)26(32)31)16-11-13-17(29)14-12-16/h11-14,23H,2-10,31H2,1H3. The van der Waals surface area contributed by atoms with Gasteiger partial charge in [-0.2, -0.15) is 5.26 Å². The van der Waals surface area contributed by atoms with Crippen LogP contribution in [0.3, 0.4) is 0 Å². The third-order valence-corrected chi connectivity index (χ3v) is 8.73. The van der Waals surface area contributed by atoms with Crippen molar-refractivity contribution in [2.45, 2.75) is 64.2 Å². The van der Waals surface area contributed by atoms with Gasteiger partial charge in [0, 0.05) is 27.6 Å². The molecule has 1 aromatic heterocycles. The average Bonchev–Trinajstić information content (AvgIpc) is 3.06. The molecule has 1 aliphatic heterocycles. The van der Waals surface area contributed by atoms with E-state index in [9.17, 15) is 14.9 Å². The van der Waals surface area contributed by atoms with E-state index in [0.29, 0.717) is 46.0 Å². The molecule has 0 fully saturated rings. The lowest BCUT2D eigenvalue weighted by Crippen LogP contribution is -2.39. The van der Waals surface area contributed by atoms with Crippen molar-refractivity contribution in [3.63, 3.8) is 0 Å². The number of halogens is 1. The van der Waals surface area contributed by atoms with Crippen LogP contribution in [-0.2, 0) is 22.4 Å². The molecular formula is C28H28ClN3O3S. The fourth-order valence-electron chi connectivity index (χ4n) is 5.61. The number of thiophene rings is 1. The molecule has 6 nitrogen and oxygen atoms in total. The molecule has 0 radical (unpaired) electrons. The van der Waals surface area contributed by atoms with Crippen LogP contribution in [0.1, 0.15) is 77.7 Å². The topological polar surface area (TPSA) is 96.4 Å². The van der Waals surface area contributed by atoms with E-state index >= 15 is 0 Å². The number of fused-ring (bicyclic) bond motifs is 1. The fourth-order valence-corrected chi connectivity index (χ4v) is 7.15. The Balaban J connectivity index is 1.75. The van der Waals surface area contributed by atoms with E-state index in [4.69, 9.17) is 22.1 Å². The summed E-state index contributed by atoms with van der Waals surface area (Å²) in [4.78, 5) is 29.7. The number of carbonyl (C=O) groups excluding carboxylic acids is 2. The summed E-state index contributed by atoms with van der Waals surface area (Å²) in [5, 5.41) is 11.5. The van der Waals surface area contributed by atoms with Gasteiger partial charge in [-0.25, -0.2) is 4.79 Å². The number of hydrogen-bond donors (Lipinski definition) is 1. The molecule has 0 saturated carbocycles. The van der Waals surface area contributed by atoms with Gasteiger partial charge in [0.15, 0.2) is 5.78 Å². The van der Waals surface area contributed by atoms with Crippen molar-refractivity contribution in [2.75, 3.05) is 11.5 Å². The number of anilines is 1. The van der Waals surface area contributed by atoms with E-state index in [1.165, 1.54) is 4.88 Å². The Hall–Kier alpha value is -3.08. The lowest BCUT2D eigenvalue weighted by Gasteiger charge is -2.39. The monoisotopic (exact) mass is 521 g/mol. The van der Waals surface area contributed by atoms with E-state index in [1.54, 1.807) is 30.4 Å². The van der Waals surface area contributed by atoms with Gasteiger partial charge in [0.05, 0.1) is 29.7 Å². The smallest absolute Gasteiger partial charge is 0.341 e. The van der Waals surface area contributed by atoms with Crippen molar-refractivity contribution in [2.24, 2.45) is 5.73 Å². The Kier molecular flexibility index (Phi) is 6.92. The van der Waals surface area contributed by atoms with Crippen LogP contribution in [0.2, 0.25) is 5.02 Å². The Bertz CT molecular complexity index is 1330. The number of nitrogens with zero attached hydrogens (tertiary/aromatic N) is 2. The molecule has 36 heavy (non-hydrogen) atoms. The Labute approximate surface area is 220 Å². The third kappa shape index (κ3) is 4.12. The maximum Gasteiger partial charge on any atom is 0.341 e. The highest BCUT2D eigenvalue weighted by atomic mass is 35.5. The summed E-state index contributed by atoms with van der Waals surface area (Å²) < 4.78 is 5.50. The number of ether oxygens (including phenoxy) is 1. The molecule has 2 aliphatic carbocycles. The number of allylic oxidation sites excluding steroid dienone is 3. The second-order valence-electron chi connectivity index (χ2n) is 9.33. The van der Waals surface area contributed by atoms with Gasteiger partial charge >= 0.3 is 5.97 Å². The summed E-state index contributed by atoms with van der Waals surface area (Å²) in [6.45, 7) is 2.06. The fraction of sp³-hybridized carbons (Fsp3) is 0.393. The number of hydrogen-bond acceptors (Lipinski definition) is 7. The molecule has 0 saturated heterocycles. The predicted molar refractivity (Wildman–Crippen MR) is 141 cm³/mol. The van der Waals surface area contributed by atoms with Crippen LogP contribution in [0.25, 0.3) is 0 Å². The second kappa shape index (κ2) is 10.1. The van der Waals surface area contributed by atoms with Crippen LogP contribution < -0.4 is 10.6 Å². The summed E-state index contributed by atoms with van der Waals surface area (Å²) in [5.74, 6) is -0.650. The van der Waals surface area contributed by atoms with Crippen LogP contribution in [-0.4, -0.2) is 18.4 Å².